The average molecular weight is 215 g/mol. The van der Waals surface area contributed by atoms with Gasteiger partial charge in [0.2, 0.25) is 0 Å². The van der Waals surface area contributed by atoms with E-state index >= 15 is 0 Å². The Morgan fingerprint density at radius 2 is 2.13 bits per heavy atom. The van der Waals surface area contributed by atoms with Gasteiger partial charge in [-0.1, -0.05) is 13.8 Å². The number of aliphatic hydroxyl groups is 1. The topological polar surface area (TPSA) is 41.5 Å². The van der Waals surface area contributed by atoms with E-state index in [1.807, 2.05) is 0 Å². The lowest BCUT2D eigenvalue weighted by atomic mass is 10.1. The maximum absolute atomic E-state index is 9.56. The first-order valence-electron chi connectivity index (χ1n) is 6.19. The summed E-state index contributed by atoms with van der Waals surface area (Å²) in [7, 11) is 0. The molecule has 2 atom stereocenters. The molecule has 2 N–H and O–H groups in total. The van der Waals surface area contributed by atoms with Gasteiger partial charge in [0, 0.05) is 19.2 Å². The Balaban J connectivity index is 1.88. The first kappa shape index (κ1) is 12.9. The molecule has 0 heterocycles. The summed E-state index contributed by atoms with van der Waals surface area (Å²) < 4.78 is 5.50. The molecule has 0 aromatic heterocycles. The molecule has 0 aliphatic heterocycles. The van der Waals surface area contributed by atoms with Gasteiger partial charge in [-0.3, -0.25) is 0 Å². The summed E-state index contributed by atoms with van der Waals surface area (Å²) in [6.07, 6.45) is 4.19. The van der Waals surface area contributed by atoms with Crippen LogP contribution in [0.5, 0.6) is 0 Å². The van der Waals surface area contributed by atoms with E-state index in [2.05, 4.69) is 19.2 Å². The molecule has 1 aliphatic carbocycles. The molecule has 2 unspecified atom stereocenters. The van der Waals surface area contributed by atoms with Crippen molar-refractivity contribution in [2.24, 2.45) is 5.92 Å². The second kappa shape index (κ2) is 7.20. The minimum atomic E-state index is -0.138. The molecule has 0 saturated heterocycles. The molecule has 1 saturated carbocycles. The van der Waals surface area contributed by atoms with Crippen molar-refractivity contribution in [1.82, 2.24) is 5.32 Å². The van der Waals surface area contributed by atoms with Gasteiger partial charge < -0.3 is 15.2 Å². The summed E-state index contributed by atoms with van der Waals surface area (Å²) in [6, 6.07) is 0.304. The molecule has 0 radical (unpaired) electrons. The number of ether oxygens (including phenoxy) is 1. The maximum atomic E-state index is 9.56. The molecular formula is C12H25NO2. The molecule has 0 amide bonds. The second-order valence-electron chi connectivity index (χ2n) is 4.85. The van der Waals surface area contributed by atoms with Crippen LogP contribution < -0.4 is 5.32 Å². The van der Waals surface area contributed by atoms with Gasteiger partial charge in [0.15, 0.2) is 0 Å². The van der Waals surface area contributed by atoms with E-state index in [-0.39, 0.29) is 6.10 Å². The van der Waals surface area contributed by atoms with Crippen molar-refractivity contribution in [3.8, 4) is 0 Å². The van der Waals surface area contributed by atoms with Gasteiger partial charge in [-0.15, -0.1) is 0 Å². The van der Waals surface area contributed by atoms with Gasteiger partial charge in [-0.2, -0.15) is 0 Å². The van der Waals surface area contributed by atoms with Crippen LogP contribution in [0.2, 0.25) is 0 Å². The third kappa shape index (κ3) is 5.50. The standard InChI is InChI=1S/C12H25NO2/c1-10(2)6-8-15-9-7-13-11-4-3-5-12(11)14/h10-14H,3-9H2,1-2H3. The molecule has 3 nitrogen and oxygen atoms in total. The minimum absolute atomic E-state index is 0.138. The van der Waals surface area contributed by atoms with Crippen LogP contribution in [0.15, 0.2) is 0 Å². The van der Waals surface area contributed by atoms with Crippen molar-refractivity contribution in [2.75, 3.05) is 19.8 Å². The lowest BCUT2D eigenvalue weighted by Gasteiger charge is -2.16. The summed E-state index contributed by atoms with van der Waals surface area (Å²) in [5, 5.41) is 12.9. The smallest absolute Gasteiger partial charge is 0.0693 e. The molecule has 0 spiro atoms. The summed E-state index contributed by atoms with van der Waals surface area (Å²) >= 11 is 0. The summed E-state index contributed by atoms with van der Waals surface area (Å²) in [5.74, 6) is 0.717. The molecule has 90 valence electrons. The third-order valence-corrected chi connectivity index (χ3v) is 2.97. The third-order valence-electron chi connectivity index (χ3n) is 2.97. The predicted octanol–water partition coefficient (Wildman–Crippen LogP) is 1.55. The summed E-state index contributed by atoms with van der Waals surface area (Å²) in [6.45, 7) is 6.88. The Labute approximate surface area is 93.2 Å². The van der Waals surface area contributed by atoms with Crippen molar-refractivity contribution in [3.05, 3.63) is 0 Å². The quantitative estimate of drug-likeness (QED) is 0.633. The first-order chi connectivity index (χ1) is 7.20. The Kier molecular flexibility index (Phi) is 6.22. The Bertz CT molecular complexity index is 162. The molecule has 1 fully saturated rings. The van der Waals surface area contributed by atoms with E-state index in [0.29, 0.717) is 6.04 Å². The Hall–Kier alpha value is -0.120. The number of hydrogen-bond acceptors (Lipinski definition) is 3. The zero-order valence-electron chi connectivity index (χ0n) is 10.0. The maximum Gasteiger partial charge on any atom is 0.0693 e. The van der Waals surface area contributed by atoms with Crippen LogP contribution in [0.1, 0.15) is 39.5 Å². The van der Waals surface area contributed by atoms with E-state index in [4.69, 9.17) is 4.74 Å². The number of nitrogens with one attached hydrogen (secondary N) is 1. The van der Waals surface area contributed by atoms with Crippen molar-refractivity contribution >= 4 is 0 Å². The molecule has 1 aliphatic rings. The van der Waals surface area contributed by atoms with Crippen molar-refractivity contribution in [2.45, 2.75) is 51.7 Å². The van der Waals surface area contributed by atoms with Gasteiger partial charge >= 0.3 is 0 Å². The normalized spacial score (nSPS) is 26.4. The Morgan fingerprint density at radius 1 is 1.33 bits per heavy atom. The van der Waals surface area contributed by atoms with Crippen molar-refractivity contribution in [1.29, 1.82) is 0 Å². The highest BCUT2D eigenvalue weighted by Crippen LogP contribution is 2.18. The molecule has 15 heavy (non-hydrogen) atoms. The van der Waals surface area contributed by atoms with Crippen LogP contribution in [0.4, 0.5) is 0 Å². The van der Waals surface area contributed by atoms with Crippen molar-refractivity contribution in [3.63, 3.8) is 0 Å². The zero-order chi connectivity index (χ0) is 11.1. The fourth-order valence-corrected chi connectivity index (χ4v) is 1.92. The average Bonchev–Trinajstić information content (AvgIpc) is 2.57. The van der Waals surface area contributed by atoms with E-state index < -0.39 is 0 Å². The lowest BCUT2D eigenvalue weighted by Crippen LogP contribution is -2.37. The first-order valence-corrected chi connectivity index (χ1v) is 6.19. The highest BCUT2D eigenvalue weighted by Gasteiger charge is 2.23. The van der Waals surface area contributed by atoms with Crippen LogP contribution in [0.25, 0.3) is 0 Å². The van der Waals surface area contributed by atoms with E-state index in [1.165, 1.54) is 0 Å². The molecule has 0 aromatic rings. The largest absolute Gasteiger partial charge is 0.392 e. The lowest BCUT2D eigenvalue weighted by molar-refractivity contribution is 0.111. The highest BCUT2D eigenvalue weighted by atomic mass is 16.5. The van der Waals surface area contributed by atoms with Gasteiger partial charge in [-0.05, 0) is 31.6 Å². The number of rotatable bonds is 7. The predicted molar refractivity (Wildman–Crippen MR) is 61.9 cm³/mol. The summed E-state index contributed by atoms with van der Waals surface area (Å²) in [4.78, 5) is 0. The minimum Gasteiger partial charge on any atom is -0.392 e. The Morgan fingerprint density at radius 3 is 2.73 bits per heavy atom. The van der Waals surface area contributed by atoms with Crippen LogP contribution in [-0.2, 0) is 4.74 Å². The van der Waals surface area contributed by atoms with E-state index in [1.54, 1.807) is 0 Å². The highest BCUT2D eigenvalue weighted by molar-refractivity contribution is 4.82. The second-order valence-corrected chi connectivity index (χ2v) is 4.85. The van der Waals surface area contributed by atoms with Crippen LogP contribution in [-0.4, -0.2) is 37.0 Å². The van der Waals surface area contributed by atoms with E-state index in [9.17, 15) is 5.11 Å². The number of aliphatic hydroxyl groups excluding tert-OH is 1. The van der Waals surface area contributed by atoms with Crippen LogP contribution in [0.3, 0.4) is 0 Å². The zero-order valence-corrected chi connectivity index (χ0v) is 10.0. The monoisotopic (exact) mass is 215 g/mol. The van der Waals surface area contributed by atoms with Crippen molar-refractivity contribution < 1.29 is 9.84 Å². The molecule has 3 heteroatoms. The fraction of sp³-hybridized carbons (Fsp3) is 1.00. The van der Waals surface area contributed by atoms with Crippen LogP contribution >= 0.6 is 0 Å². The summed E-state index contributed by atoms with van der Waals surface area (Å²) in [5.41, 5.74) is 0. The molecular weight excluding hydrogens is 190 g/mol. The van der Waals surface area contributed by atoms with Gasteiger partial charge in [0.25, 0.3) is 0 Å². The van der Waals surface area contributed by atoms with E-state index in [0.717, 1.165) is 51.4 Å². The molecule has 0 bridgehead atoms. The number of hydrogen-bond donors (Lipinski definition) is 2. The van der Waals surface area contributed by atoms with Crippen LogP contribution in [0, 0.1) is 5.92 Å². The van der Waals surface area contributed by atoms with Gasteiger partial charge in [-0.25, -0.2) is 0 Å². The van der Waals surface area contributed by atoms with Gasteiger partial charge in [0.1, 0.15) is 0 Å². The fourth-order valence-electron chi connectivity index (χ4n) is 1.92. The SMILES string of the molecule is CC(C)CCOCCNC1CCCC1O. The van der Waals surface area contributed by atoms with Gasteiger partial charge in [0.05, 0.1) is 12.7 Å². The molecule has 1 rings (SSSR count). The molecule has 0 aromatic carbocycles.